The molecule has 18 heavy (non-hydrogen) atoms. The Morgan fingerprint density at radius 1 is 1.39 bits per heavy atom. The molecule has 1 aromatic heterocycles. The van der Waals surface area contributed by atoms with Gasteiger partial charge in [0.1, 0.15) is 0 Å². The molecule has 0 saturated carbocycles. The van der Waals surface area contributed by atoms with E-state index in [-0.39, 0.29) is 11.6 Å². The van der Waals surface area contributed by atoms with Crippen molar-refractivity contribution in [2.45, 2.75) is 20.4 Å². The largest absolute Gasteiger partial charge is 0.494 e. The summed E-state index contributed by atoms with van der Waals surface area (Å²) in [5.74, 6) is -0.106. The van der Waals surface area contributed by atoms with Crippen LogP contribution in [-0.4, -0.2) is 12.1 Å². The van der Waals surface area contributed by atoms with E-state index >= 15 is 0 Å². The van der Waals surface area contributed by atoms with Gasteiger partial charge >= 0.3 is 0 Å². The lowest BCUT2D eigenvalue weighted by Gasteiger charge is -2.08. The number of halogens is 1. The van der Waals surface area contributed by atoms with Crippen molar-refractivity contribution in [1.82, 2.24) is 4.98 Å². The lowest BCUT2D eigenvalue weighted by atomic mass is 10.3. The predicted molar refractivity (Wildman–Crippen MR) is 71.9 cm³/mol. The van der Waals surface area contributed by atoms with Gasteiger partial charge in [0.2, 0.25) is 0 Å². The molecular weight excluding hydrogens is 251 g/mol. The Morgan fingerprint density at radius 3 is 2.78 bits per heavy atom. The molecule has 0 fully saturated rings. The second-order valence-electron chi connectivity index (χ2n) is 3.94. The molecule has 0 bridgehead atoms. The van der Waals surface area contributed by atoms with Crippen molar-refractivity contribution in [2.24, 2.45) is 0 Å². The van der Waals surface area contributed by atoms with Gasteiger partial charge in [-0.3, -0.25) is 0 Å². The van der Waals surface area contributed by atoms with Crippen LogP contribution < -0.4 is 10.1 Å². The molecule has 3 nitrogen and oxygen atoms in total. The van der Waals surface area contributed by atoms with Gasteiger partial charge < -0.3 is 10.1 Å². The topological polar surface area (TPSA) is 34.1 Å². The zero-order valence-electron chi connectivity index (χ0n) is 10.6. The summed E-state index contributed by atoms with van der Waals surface area (Å²) < 4.78 is 18.2. The summed E-state index contributed by atoms with van der Waals surface area (Å²) in [5, 5.41) is 4.30. The monoisotopic (exact) mass is 266 g/mol. The van der Waals surface area contributed by atoms with E-state index in [1.54, 1.807) is 23.5 Å². The number of anilines is 1. The van der Waals surface area contributed by atoms with Crippen LogP contribution in [0.25, 0.3) is 0 Å². The maximum atomic E-state index is 13.2. The fourth-order valence-electron chi connectivity index (χ4n) is 1.69. The molecule has 0 radical (unpaired) electrons. The third-order valence-electron chi connectivity index (χ3n) is 2.60. The number of hydrogen-bond donors (Lipinski definition) is 1. The van der Waals surface area contributed by atoms with Crippen LogP contribution >= 0.6 is 11.3 Å². The van der Waals surface area contributed by atoms with Crippen molar-refractivity contribution in [3.63, 3.8) is 0 Å². The molecule has 0 unspecified atom stereocenters. The second kappa shape index (κ2) is 5.35. The molecule has 0 aliphatic rings. The SMILES string of the molecule is COc1cc(NCc2sc(C)nc2C)ccc1F. The Kier molecular flexibility index (Phi) is 3.81. The first-order valence-electron chi connectivity index (χ1n) is 5.60. The fourth-order valence-corrected chi connectivity index (χ4v) is 2.57. The van der Waals surface area contributed by atoms with Gasteiger partial charge in [0.15, 0.2) is 11.6 Å². The molecule has 5 heteroatoms. The van der Waals surface area contributed by atoms with Gasteiger partial charge in [-0.2, -0.15) is 0 Å². The summed E-state index contributed by atoms with van der Waals surface area (Å²) >= 11 is 1.67. The number of nitrogens with one attached hydrogen (secondary N) is 1. The van der Waals surface area contributed by atoms with Crippen molar-refractivity contribution >= 4 is 17.0 Å². The summed E-state index contributed by atoms with van der Waals surface area (Å²) in [6.45, 7) is 4.67. The zero-order chi connectivity index (χ0) is 13.1. The number of thiazole rings is 1. The van der Waals surface area contributed by atoms with Crippen LogP contribution in [0.4, 0.5) is 10.1 Å². The van der Waals surface area contributed by atoms with Gasteiger partial charge in [-0.1, -0.05) is 0 Å². The summed E-state index contributed by atoms with van der Waals surface area (Å²) in [7, 11) is 1.46. The Labute approximate surface area is 110 Å². The highest BCUT2D eigenvalue weighted by molar-refractivity contribution is 7.11. The first-order valence-corrected chi connectivity index (χ1v) is 6.42. The number of benzene rings is 1. The maximum Gasteiger partial charge on any atom is 0.165 e. The molecular formula is C13H15FN2OS. The minimum Gasteiger partial charge on any atom is -0.494 e. The van der Waals surface area contributed by atoms with E-state index in [9.17, 15) is 4.39 Å². The highest BCUT2D eigenvalue weighted by atomic mass is 32.1. The quantitative estimate of drug-likeness (QED) is 0.919. The normalized spacial score (nSPS) is 10.4. The van der Waals surface area contributed by atoms with Crippen molar-refractivity contribution in [1.29, 1.82) is 0 Å². The van der Waals surface area contributed by atoms with Crippen LogP contribution in [0, 0.1) is 19.7 Å². The van der Waals surface area contributed by atoms with Crippen LogP contribution in [0.2, 0.25) is 0 Å². The smallest absolute Gasteiger partial charge is 0.165 e. The summed E-state index contributed by atoms with van der Waals surface area (Å²) in [6.07, 6.45) is 0. The van der Waals surface area contributed by atoms with Gasteiger partial charge in [-0.15, -0.1) is 11.3 Å². The van der Waals surface area contributed by atoms with Gasteiger partial charge in [-0.25, -0.2) is 9.37 Å². The van der Waals surface area contributed by atoms with Crippen molar-refractivity contribution < 1.29 is 9.13 Å². The summed E-state index contributed by atoms with van der Waals surface area (Å²) in [5.41, 5.74) is 1.87. The van der Waals surface area contributed by atoms with Crippen molar-refractivity contribution in [2.75, 3.05) is 12.4 Å². The van der Waals surface area contributed by atoms with Gasteiger partial charge in [0.05, 0.1) is 24.4 Å². The molecule has 0 aliphatic heterocycles. The van der Waals surface area contributed by atoms with E-state index < -0.39 is 0 Å². The van der Waals surface area contributed by atoms with Crippen LogP contribution in [-0.2, 0) is 6.54 Å². The fraction of sp³-hybridized carbons (Fsp3) is 0.308. The standard InChI is InChI=1S/C13H15FN2OS/c1-8-13(18-9(2)16-8)7-15-10-4-5-11(14)12(6-10)17-3/h4-6,15H,7H2,1-3H3. The first-order chi connectivity index (χ1) is 8.60. The van der Waals surface area contributed by atoms with Crippen LogP contribution in [0.5, 0.6) is 5.75 Å². The lowest BCUT2D eigenvalue weighted by Crippen LogP contribution is -2.00. The Balaban J connectivity index is 2.08. The van der Waals surface area contributed by atoms with Crippen molar-refractivity contribution in [3.05, 3.63) is 39.6 Å². The van der Waals surface area contributed by atoms with Gasteiger partial charge in [0, 0.05) is 16.6 Å². The van der Waals surface area contributed by atoms with E-state index in [1.165, 1.54) is 18.1 Å². The number of hydrogen-bond acceptors (Lipinski definition) is 4. The average Bonchev–Trinajstić information content (AvgIpc) is 2.67. The Bertz CT molecular complexity index is 554. The number of methoxy groups -OCH3 is 1. The van der Waals surface area contributed by atoms with E-state index in [4.69, 9.17) is 4.74 Å². The third kappa shape index (κ3) is 2.79. The molecule has 0 atom stereocenters. The van der Waals surface area contributed by atoms with Crippen molar-refractivity contribution in [3.8, 4) is 5.75 Å². The molecule has 1 N–H and O–H groups in total. The van der Waals surface area contributed by atoms with E-state index in [0.29, 0.717) is 6.54 Å². The Morgan fingerprint density at radius 2 is 2.17 bits per heavy atom. The lowest BCUT2D eigenvalue weighted by molar-refractivity contribution is 0.387. The number of aryl methyl sites for hydroxylation is 2. The molecule has 0 saturated heterocycles. The number of rotatable bonds is 4. The number of nitrogens with zero attached hydrogens (tertiary/aromatic N) is 1. The molecule has 0 spiro atoms. The first kappa shape index (κ1) is 12.8. The highest BCUT2D eigenvalue weighted by Gasteiger charge is 2.06. The van der Waals surface area contributed by atoms with Crippen LogP contribution in [0.1, 0.15) is 15.6 Å². The number of ether oxygens (including phenoxy) is 1. The summed E-state index contributed by atoms with van der Waals surface area (Å²) in [6, 6.07) is 4.74. The third-order valence-corrected chi connectivity index (χ3v) is 3.68. The van der Waals surface area contributed by atoms with Gasteiger partial charge in [0.25, 0.3) is 0 Å². The average molecular weight is 266 g/mol. The van der Waals surface area contributed by atoms with Crippen LogP contribution in [0.15, 0.2) is 18.2 Å². The highest BCUT2D eigenvalue weighted by Crippen LogP contribution is 2.23. The second-order valence-corrected chi connectivity index (χ2v) is 5.23. The molecule has 96 valence electrons. The molecule has 0 aliphatic carbocycles. The minimum atomic E-state index is -0.354. The number of aromatic nitrogens is 1. The molecule has 1 aromatic carbocycles. The Hall–Kier alpha value is -1.62. The molecule has 2 aromatic rings. The molecule has 1 heterocycles. The minimum absolute atomic E-state index is 0.247. The van der Waals surface area contributed by atoms with E-state index in [2.05, 4.69) is 10.3 Å². The van der Waals surface area contributed by atoms with Crippen LogP contribution in [0.3, 0.4) is 0 Å². The predicted octanol–water partition coefficient (Wildman–Crippen LogP) is 3.52. The van der Waals surface area contributed by atoms with E-state index in [1.807, 2.05) is 13.8 Å². The molecule has 0 amide bonds. The zero-order valence-corrected chi connectivity index (χ0v) is 11.4. The summed E-state index contributed by atoms with van der Waals surface area (Å²) in [4.78, 5) is 5.56. The molecule has 2 rings (SSSR count). The van der Waals surface area contributed by atoms with Gasteiger partial charge in [-0.05, 0) is 26.0 Å². The maximum absolute atomic E-state index is 13.2. The van der Waals surface area contributed by atoms with E-state index in [0.717, 1.165) is 16.4 Å².